The second-order valence-electron chi connectivity index (χ2n) is 6.01. The van der Waals surface area contributed by atoms with Gasteiger partial charge in [0.05, 0.1) is 19.1 Å². The summed E-state index contributed by atoms with van der Waals surface area (Å²) in [6, 6.07) is -1.75. The number of nitrogens with one attached hydrogen (secondary N) is 3. The molecular formula is C15H29N5O5. The summed E-state index contributed by atoms with van der Waals surface area (Å²) in [6.07, 6.45) is 1.49. The summed E-state index contributed by atoms with van der Waals surface area (Å²) >= 11 is 0. The molecule has 0 heterocycles. The summed E-state index contributed by atoms with van der Waals surface area (Å²) in [5, 5.41) is 16.0. The molecule has 3 amide bonds. The topological polar surface area (TPSA) is 177 Å². The molecule has 0 aromatic carbocycles. The zero-order valence-corrected chi connectivity index (χ0v) is 14.7. The van der Waals surface area contributed by atoms with Crippen LogP contribution in [0, 0.1) is 5.92 Å². The normalized spacial score (nSPS) is 13.0. The van der Waals surface area contributed by atoms with Crippen molar-refractivity contribution in [1.29, 1.82) is 0 Å². The molecular weight excluding hydrogens is 330 g/mol. The Labute approximate surface area is 147 Å². The van der Waals surface area contributed by atoms with E-state index in [0.717, 1.165) is 0 Å². The minimum absolute atomic E-state index is 0.0685. The number of aliphatic carboxylic acids is 1. The van der Waals surface area contributed by atoms with Crippen molar-refractivity contribution in [2.24, 2.45) is 17.4 Å². The lowest BCUT2D eigenvalue weighted by Gasteiger charge is -2.16. The van der Waals surface area contributed by atoms with Crippen molar-refractivity contribution < 1.29 is 24.3 Å². The number of nitrogens with two attached hydrogens (primary N) is 2. The first kappa shape index (κ1) is 22.8. The molecule has 0 rings (SSSR count). The van der Waals surface area contributed by atoms with Crippen molar-refractivity contribution in [3.8, 4) is 0 Å². The van der Waals surface area contributed by atoms with E-state index in [1.807, 2.05) is 0 Å². The van der Waals surface area contributed by atoms with Crippen LogP contribution in [0.5, 0.6) is 0 Å². The van der Waals surface area contributed by atoms with Crippen LogP contribution in [-0.2, 0) is 19.2 Å². The molecule has 10 nitrogen and oxygen atoms in total. The average molecular weight is 359 g/mol. The van der Waals surface area contributed by atoms with Gasteiger partial charge in [-0.15, -0.1) is 0 Å². The lowest BCUT2D eigenvalue weighted by Crippen LogP contribution is -2.49. The number of carboxylic acid groups (broad SMARTS) is 1. The van der Waals surface area contributed by atoms with E-state index in [9.17, 15) is 19.2 Å². The van der Waals surface area contributed by atoms with Gasteiger partial charge in [0.2, 0.25) is 17.7 Å². The fraction of sp³-hybridized carbons (Fsp3) is 0.733. The van der Waals surface area contributed by atoms with Crippen LogP contribution in [0.1, 0.15) is 33.1 Å². The molecule has 2 atom stereocenters. The summed E-state index contributed by atoms with van der Waals surface area (Å²) in [5.41, 5.74) is 11.0. The van der Waals surface area contributed by atoms with E-state index < -0.39 is 35.8 Å². The number of amides is 3. The Hall–Kier alpha value is -2.20. The Balaban J connectivity index is 4.15. The smallest absolute Gasteiger partial charge is 0.326 e. The standard InChI is InChI=1S/C15H29N5O5/c1-9(2)13(17)14(23)19-7-11(21)18-8-12(22)20-10(15(24)25)5-3-4-6-16/h9-10,13H,3-8,16-17H2,1-2H3,(H,18,21)(H,19,23)(H,20,22)(H,24,25). The maximum absolute atomic E-state index is 11.7. The fourth-order valence-corrected chi connectivity index (χ4v) is 1.82. The highest BCUT2D eigenvalue weighted by molar-refractivity contribution is 5.90. The molecule has 10 heteroatoms. The molecule has 0 aliphatic carbocycles. The molecule has 0 saturated heterocycles. The van der Waals surface area contributed by atoms with Crippen molar-refractivity contribution in [3.63, 3.8) is 0 Å². The van der Waals surface area contributed by atoms with Crippen LogP contribution in [0.25, 0.3) is 0 Å². The summed E-state index contributed by atoms with van der Waals surface area (Å²) in [7, 11) is 0. The van der Waals surface area contributed by atoms with E-state index in [1.165, 1.54) is 0 Å². The van der Waals surface area contributed by atoms with Crippen LogP contribution in [0.15, 0.2) is 0 Å². The molecule has 8 N–H and O–H groups in total. The molecule has 25 heavy (non-hydrogen) atoms. The van der Waals surface area contributed by atoms with Gasteiger partial charge in [-0.2, -0.15) is 0 Å². The molecule has 0 aliphatic heterocycles. The molecule has 0 fully saturated rings. The van der Waals surface area contributed by atoms with Gasteiger partial charge in [-0.25, -0.2) is 4.79 Å². The number of hydrogen-bond donors (Lipinski definition) is 6. The molecule has 0 aromatic heterocycles. The van der Waals surface area contributed by atoms with Gasteiger partial charge < -0.3 is 32.5 Å². The second kappa shape index (κ2) is 12.2. The third kappa shape index (κ3) is 10.3. The summed E-state index contributed by atoms with van der Waals surface area (Å²) in [6.45, 7) is 3.31. The largest absolute Gasteiger partial charge is 0.480 e. The molecule has 0 bridgehead atoms. The molecule has 2 unspecified atom stereocenters. The maximum atomic E-state index is 11.7. The third-order valence-corrected chi connectivity index (χ3v) is 3.47. The van der Waals surface area contributed by atoms with E-state index in [4.69, 9.17) is 16.6 Å². The van der Waals surface area contributed by atoms with Crippen molar-refractivity contribution in [2.75, 3.05) is 19.6 Å². The lowest BCUT2D eigenvalue weighted by molar-refractivity contribution is -0.142. The minimum Gasteiger partial charge on any atom is -0.480 e. The number of hydrogen-bond acceptors (Lipinski definition) is 6. The van der Waals surface area contributed by atoms with Gasteiger partial charge in [0.15, 0.2) is 0 Å². The Kier molecular flexibility index (Phi) is 11.1. The van der Waals surface area contributed by atoms with E-state index in [2.05, 4.69) is 16.0 Å². The van der Waals surface area contributed by atoms with Crippen LogP contribution < -0.4 is 27.4 Å². The Morgan fingerprint density at radius 2 is 1.60 bits per heavy atom. The Bertz CT molecular complexity index is 469. The van der Waals surface area contributed by atoms with Crippen molar-refractivity contribution >= 4 is 23.7 Å². The molecule has 0 spiro atoms. The minimum atomic E-state index is -1.15. The van der Waals surface area contributed by atoms with E-state index >= 15 is 0 Å². The van der Waals surface area contributed by atoms with Gasteiger partial charge >= 0.3 is 5.97 Å². The van der Waals surface area contributed by atoms with Crippen molar-refractivity contribution in [2.45, 2.75) is 45.2 Å². The van der Waals surface area contributed by atoms with Crippen LogP contribution in [0.2, 0.25) is 0 Å². The van der Waals surface area contributed by atoms with Crippen LogP contribution in [0.3, 0.4) is 0 Å². The predicted molar refractivity (Wildman–Crippen MR) is 91.3 cm³/mol. The number of carbonyl (C=O) groups excluding carboxylic acids is 3. The number of carboxylic acids is 1. The van der Waals surface area contributed by atoms with E-state index in [1.54, 1.807) is 13.8 Å². The molecule has 0 radical (unpaired) electrons. The van der Waals surface area contributed by atoms with Gasteiger partial charge in [0.25, 0.3) is 0 Å². The monoisotopic (exact) mass is 359 g/mol. The molecule has 0 aromatic rings. The highest BCUT2D eigenvalue weighted by Gasteiger charge is 2.20. The Morgan fingerprint density at radius 1 is 1.00 bits per heavy atom. The quantitative estimate of drug-likeness (QED) is 0.216. The molecule has 0 saturated carbocycles. The number of rotatable bonds is 12. The fourth-order valence-electron chi connectivity index (χ4n) is 1.82. The van der Waals surface area contributed by atoms with Crippen molar-refractivity contribution in [3.05, 3.63) is 0 Å². The summed E-state index contributed by atoms with van der Waals surface area (Å²) < 4.78 is 0. The predicted octanol–water partition coefficient (Wildman–Crippen LogP) is -2.10. The summed E-state index contributed by atoms with van der Waals surface area (Å²) in [4.78, 5) is 46.0. The summed E-state index contributed by atoms with van der Waals surface area (Å²) in [5.74, 6) is -2.87. The third-order valence-electron chi connectivity index (χ3n) is 3.47. The first-order valence-corrected chi connectivity index (χ1v) is 8.21. The Morgan fingerprint density at radius 3 is 2.12 bits per heavy atom. The SMILES string of the molecule is CC(C)C(N)C(=O)NCC(=O)NCC(=O)NC(CCCCN)C(=O)O. The van der Waals surface area contributed by atoms with Crippen LogP contribution in [0.4, 0.5) is 0 Å². The van der Waals surface area contributed by atoms with Gasteiger partial charge in [-0.1, -0.05) is 13.8 Å². The zero-order chi connectivity index (χ0) is 19.4. The molecule has 144 valence electrons. The van der Waals surface area contributed by atoms with Crippen molar-refractivity contribution in [1.82, 2.24) is 16.0 Å². The first-order chi connectivity index (χ1) is 11.7. The lowest BCUT2D eigenvalue weighted by atomic mass is 10.1. The highest BCUT2D eigenvalue weighted by atomic mass is 16.4. The zero-order valence-electron chi connectivity index (χ0n) is 14.7. The van der Waals surface area contributed by atoms with E-state index in [0.29, 0.717) is 19.4 Å². The van der Waals surface area contributed by atoms with E-state index in [-0.39, 0.29) is 25.4 Å². The van der Waals surface area contributed by atoms with Crippen LogP contribution >= 0.6 is 0 Å². The maximum Gasteiger partial charge on any atom is 0.326 e. The van der Waals surface area contributed by atoms with Gasteiger partial charge in [-0.05, 0) is 31.7 Å². The number of unbranched alkanes of at least 4 members (excludes halogenated alkanes) is 1. The van der Waals surface area contributed by atoms with Gasteiger partial charge in [-0.3, -0.25) is 14.4 Å². The number of carbonyl (C=O) groups is 4. The first-order valence-electron chi connectivity index (χ1n) is 8.21. The molecule has 0 aliphatic rings. The van der Waals surface area contributed by atoms with Gasteiger partial charge in [0.1, 0.15) is 6.04 Å². The second-order valence-corrected chi connectivity index (χ2v) is 6.01. The highest BCUT2D eigenvalue weighted by Crippen LogP contribution is 2.00. The van der Waals surface area contributed by atoms with Gasteiger partial charge in [0, 0.05) is 0 Å². The van der Waals surface area contributed by atoms with Crippen LogP contribution in [-0.4, -0.2) is 60.5 Å². The average Bonchev–Trinajstić information content (AvgIpc) is 2.55.